The van der Waals surface area contributed by atoms with Gasteiger partial charge in [-0.3, -0.25) is 9.69 Å². The van der Waals surface area contributed by atoms with Crippen LogP contribution in [0.15, 0.2) is 4.52 Å². The SMILES string of the molecule is O=C([C@@H]1C[C@H]2CC[C@H]1C2)N1CCN(Cc2noc(C3CC3)n2)CC1. The van der Waals surface area contributed by atoms with E-state index < -0.39 is 0 Å². The monoisotopic (exact) mass is 330 g/mol. The molecule has 6 heteroatoms. The molecule has 0 N–H and O–H groups in total. The first-order chi connectivity index (χ1) is 11.8. The molecule has 2 bridgehead atoms. The van der Waals surface area contributed by atoms with Gasteiger partial charge in [0, 0.05) is 38.0 Å². The maximum absolute atomic E-state index is 12.8. The van der Waals surface area contributed by atoms with E-state index in [0.717, 1.165) is 56.8 Å². The summed E-state index contributed by atoms with van der Waals surface area (Å²) in [7, 11) is 0. The molecule has 130 valence electrons. The highest BCUT2D eigenvalue weighted by molar-refractivity contribution is 5.79. The number of amides is 1. The summed E-state index contributed by atoms with van der Waals surface area (Å²) in [4.78, 5) is 21.8. The van der Waals surface area contributed by atoms with E-state index >= 15 is 0 Å². The Bertz CT molecular complexity index is 618. The Labute approximate surface area is 142 Å². The smallest absolute Gasteiger partial charge is 0.229 e. The number of fused-ring (bicyclic) bond motifs is 2. The van der Waals surface area contributed by atoms with Crippen LogP contribution in [0, 0.1) is 17.8 Å². The quantitative estimate of drug-likeness (QED) is 0.845. The van der Waals surface area contributed by atoms with Gasteiger partial charge in [-0.15, -0.1) is 0 Å². The molecule has 6 nitrogen and oxygen atoms in total. The van der Waals surface area contributed by atoms with Crippen LogP contribution in [0.1, 0.15) is 56.2 Å². The zero-order chi connectivity index (χ0) is 16.1. The van der Waals surface area contributed by atoms with Gasteiger partial charge in [-0.2, -0.15) is 4.98 Å². The molecule has 3 aliphatic carbocycles. The van der Waals surface area contributed by atoms with Gasteiger partial charge in [0.05, 0.1) is 6.54 Å². The van der Waals surface area contributed by atoms with Crippen molar-refractivity contribution in [3.8, 4) is 0 Å². The van der Waals surface area contributed by atoms with Gasteiger partial charge in [0.25, 0.3) is 0 Å². The van der Waals surface area contributed by atoms with Crippen LogP contribution in [0.4, 0.5) is 0 Å². The largest absolute Gasteiger partial charge is 0.340 e. The fourth-order valence-corrected chi connectivity index (χ4v) is 4.94. The molecular formula is C18H26N4O2. The molecule has 1 aliphatic heterocycles. The third-order valence-corrected chi connectivity index (χ3v) is 6.51. The number of hydrogen-bond acceptors (Lipinski definition) is 5. The topological polar surface area (TPSA) is 62.5 Å². The zero-order valence-corrected chi connectivity index (χ0v) is 14.2. The Morgan fingerprint density at radius 3 is 2.58 bits per heavy atom. The molecule has 0 spiro atoms. The molecule has 1 aromatic rings. The first kappa shape index (κ1) is 14.9. The van der Waals surface area contributed by atoms with Crippen molar-refractivity contribution in [2.75, 3.05) is 26.2 Å². The van der Waals surface area contributed by atoms with Crippen molar-refractivity contribution < 1.29 is 9.32 Å². The molecule has 3 atom stereocenters. The molecule has 4 aliphatic rings. The predicted molar refractivity (Wildman–Crippen MR) is 87.1 cm³/mol. The highest BCUT2D eigenvalue weighted by atomic mass is 16.5. The zero-order valence-electron chi connectivity index (χ0n) is 14.2. The first-order valence-corrected chi connectivity index (χ1v) is 9.60. The van der Waals surface area contributed by atoms with E-state index in [4.69, 9.17) is 4.52 Å². The van der Waals surface area contributed by atoms with Gasteiger partial charge in [-0.05, 0) is 43.9 Å². The van der Waals surface area contributed by atoms with Gasteiger partial charge in [0.1, 0.15) is 0 Å². The summed E-state index contributed by atoms with van der Waals surface area (Å²) in [6.07, 6.45) is 7.46. The molecule has 0 unspecified atom stereocenters. The fourth-order valence-electron chi connectivity index (χ4n) is 4.94. The van der Waals surface area contributed by atoms with Crippen molar-refractivity contribution >= 4 is 5.91 Å². The van der Waals surface area contributed by atoms with Gasteiger partial charge >= 0.3 is 0 Å². The number of hydrogen-bond donors (Lipinski definition) is 0. The average Bonchev–Trinajstić information content (AvgIpc) is 3.03. The first-order valence-electron chi connectivity index (χ1n) is 9.60. The van der Waals surface area contributed by atoms with Gasteiger partial charge in [-0.25, -0.2) is 0 Å². The molecule has 0 radical (unpaired) electrons. The molecule has 1 amide bonds. The summed E-state index contributed by atoms with van der Waals surface area (Å²) in [6.45, 7) is 4.27. The van der Waals surface area contributed by atoms with Gasteiger partial charge in [0.15, 0.2) is 5.82 Å². The van der Waals surface area contributed by atoms with E-state index in [-0.39, 0.29) is 0 Å². The van der Waals surface area contributed by atoms with Gasteiger partial charge < -0.3 is 9.42 Å². The summed E-state index contributed by atoms with van der Waals surface area (Å²) in [6, 6.07) is 0. The Kier molecular flexibility index (Phi) is 3.61. The van der Waals surface area contributed by atoms with Crippen LogP contribution < -0.4 is 0 Å². The van der Waals surface area contributed by atoms with Crippen LogP contribution in [-0.4, -0.2) is 52.0 Å². The molecule has 4 fully saturated rings. The minimum Gasteiger partial charge on any atom is -0.340 e. The van der Waals surface area contributed by atoms with Crippen LogP contribution in [0.5, 0.6) is 0 Å². The third kappa shape index (κ3) is 2.75. The van der Waals surface area contributed by atoms with Gasteiger partial charge in [0.2, 0.25) is 11.8 Å². The second-order valence-corrected chi connectivity index (χ2v) is 8.21. The van der Waals surface area contributed by atoms with E-state index in [2.05, 4.69) is 19.9 Å². The number of carbonyl (C=O) groups is 1. The summed E-state index contributed by atoms with van der Waals surface area (Å²) in [5, 5.41) is 4.11. The van der Waals surface area contributed by atoms with Crippen molar-refractivity contribution in [1.82, 2.24) is 19.9 Å². The number of nitrogens with zero attached hydrogens (tertiary/aromatic N) is 4. The summed E-state index contributed by atoms with van der Waals surface area (Å²) >= 11 is 0. The van der Waals surface area contributed by atoms with Crippen LogP contribution in [0.3, 0.4) is 0 Å². The molecule has 3 saturated carbocycles. The van der Waals surface area contributed by atoms with Crippen molar-refractivity contribution in [2.24, 2.45) is 17.8 Å². The molecule has 5 rings (SSSR count). The van der Waals surface area contributed by atoms with E-state index in [1.807, 2.05) is 0 Å². The lowest BCUT2D eigenvalue weighted by Gasteiger charge is -2.36. The Hall–Kier alpha value is -1.43. The second-order valence-electron chi connectivity index (χ2n) is 8.21. The molecule has 0 aromatic carbocycles. The summed E-state index contributed by atoms with van der Waals surface area (Å²) in [5.41, 5.74) is 0. The second kappa shape index (κ2) is 5.83. The lowest BCUT2D eigenvalue weighted by molar-refractivity contribution is -0.139. The fraction of sp³-hybridized carbons (Fsp3) is 0.833. The van der Waals surface area contributed by atoms with E-state index in [0.29, 0.717) is 23.7 Å². The number of piperazine rings is 1. The summed E-state index contributed by atoms with van der Waals surface area (Å²) < 4.78 is 5.33. The third-order valence-electron chi connectivity index (χ3n) is 6.51. The number of aromatic nitrogens is 2. The van der Waals surface area contributed by atoms with Crippen molar-refractivity contribution in [3.63, 3.8) is 0 Å². The summed E-state index contributed by atoms with van der Waals surface area (Å²) in [5.74, 6) is 4.40. The molecule has 2 heterocycles. The van der Waals surface area contributed by atoms with Crippen LogP contribution >= 0.6 is 0 Å². The van der Waals surface area contributed by atoms with E-state index in [1.54, 1.807) is 0 Å². The molecule has 1 aromatic heterocycles. The maximum Gasteiger partial charge on any atom is 0.229 e. The lowest BCUT2D eigenvalue weighted by Crippen LogP contribution is -2.50. The number of rotatable bonds is 4. The van der Waals surface area contributed by atoms with E-state index in [9.17, 15) is 4.79 Å². The number of carbonyl (C=O) groups excluding carboxylic acids is 1. The minimum absolute atomic E-state index is 0.327. The van der Waals surface area contributed by atoms with Crippen molar-refractivity contribution in [3.05, 3.63) is 11.7 Å². The predicted octanol–water partition coefficient (Wildman–Crippen LogP) is 2.03. The standard InChI is InChI=1S/C18H26N4O2/c23-18(15-10-12-1-2-14(15)9-12)22-7-5-21(6-8-22)11-16-19-17(24-20-16)13-3-4-13/h12-15H,1-11H2/t12-,14-,15+/m0/s1. The van der Waals surface area contributed by atoms with Gasteiger partial charge in [-0.1, -0.05) is 11.6 Å². The highest BCUT2D eigenvalue weighted by Crippen LogP contribution is 2.48. The minimum atomic E-state index is 0.327. The molecule has 1 saturated heterocycles. The molecule has 24 heavy (non-hydrogen) atoms. The Balaban J connectivity index is 1.13. The van der Waals surface area contributed by atoms with Crippen molar-refractivity contribution in [2.45, 2.75) is 51.0 Å². The van der Waals surface area contributed by atoms with Crippen LogP contribution in [-0.2, 0) is 11.3 Å². The van der Waals surface area contributed by atoms with E-state index in [1.165, 1.54) is 32.1 Å². The highest BCUT2D eigenvalue weighted by Gasteiger charge is 2.44. The Morgan fingerprint density at radius 2 is 1.92 bits per heavy atom. The Morgan fingerprint density at radius 1 is 1.08 bits per heavy atom. The maximum atomic E-state index is 12.8. The average molecular weight is 330 g/mol. The lowest BCUT2D eigenvalue weighted by atomic mass is 9.87. The van der Waals surface area contributed by atoms with Crippen LogP contribution in [0.2, 0.25) is 0 Å². The van der Waals surface area contributed by atoms with Crippen molar-refractivity contribution in [1.29, 1.82) is 0 Å². The molecular weight excluding hydrogens is 304 g/mol. The normalized spacial score (nSPS) is 33.3. The van der Waals surface area contributed by atoms with Crippen LogP contribution in [0.25, 0.3) is 0 Å².